The van der Waals surface area contributed by atoms with Crippen molar-refractivity contribution in [1.29, 1.82) is 0 Å². The molecule has 2 aromatic rings. The summed E-state index contributed by atoms with van der Waals surface area (Å²) in [5.74, 6) is 0. The van der Waals surface area contributed by atoms with Crippen molar-refractivity contribution in [1.82, 2.24) is 5.32 Å². The van der Waals surface area contributed by atoms with Crippen LogP contribution in [0.15, 0.2) is 60.7 Å². The lowest BCUT2D eigenvalue weighted by atomic mass is 10.0. The van der Waals surface area contributed by atoms with Crippen molar-refractivity contribution in [3.63, 3.8) is 0 Å². The van der Waals surface area contributed by atoms with E-state index in [0.29, 0.717) is 12.1 Å². The van der Waals surface area contributed by atoms with Crippen LogP contribution in [0.4, 0.5) is 0 Å². The molecule has 0 amide bonds. The summed E-state index contributed by atoms with van der Waals surface area (Å²) in [6.45, 7) is 0. The van der Waals surface area contributed by atoms with E-state index in [9.17, 15) is 0 Å². The van der Waals surface area contributed by atoms with Gasteiger partial charge in [0.25, 0.3) is 0 Å². The van der Waals surface area contributed by atoms with Crippen LogP contribution in [0.5, 0.6) is 0 Å². The first-order valence-electron chi connectivity index (χ1n) is 7.74. The first-order valence-corrected chi connectivity index (χ1v) is 7.74. The van der Waals surface area contributed by atoms with Crippen LogP contribution in [-0.4, -0.2) is 12.1 Å². The summed E-state index contributed by atoms with van der Waals surface area (Å²) in [5, 5.41) is 3.81. The Labute approximate surface area is 122 Å². The van der Waals surface area contributed by atoms with E-state index < -0.39 is 0 Å². The van der Waals surface area contributed by atoms with Gasteiger partial charge in [-0.3, -0.25) is 0 Å². The number of hydrogen-bond acceptors (Lipinski definition) is 1. The minimum atomic E-state index is 0.665. The van der Waals surface area contributed by atoms with Crippen molar-refractivity contribution in [2.45, 2.75) is 44.2 Å². The van der Waals surface area contributed by atoms with Crippen molar-refractivity contribution in [3.8, 4) is 0 Å². The maximum atomic E-state index is 3.81. The zero-order valence-electron chi connectivity index (χ0n) is 12.0. The average molecular weight is 265 g/mol. The number of rotatable bonds is 5. The van der Waals surface area contributed by atoms with Crippen LogP contribution in [0.2, 0.25) is 0 Å². The molecule has 1 aliphatic rings. The average Bonchev–Trinajstić information content (AvgIpc) is 2.95. The molecule has 104 valence electrons. The Morgan fingerprint density at radius 3 is 2.05 bits per heavy atom. The minimum absolute atomic E-state index is 0.665. The van der Waals surface area contributed by atoms with Gasteiger partial charge < -0.3 is 5.32 Å². The zero-order valence-corrected chi connectivity index (χ0v) is 12.0. The molecule has 0 aliphatic carbocycles. The van der Waals surface area contributed by atoms with Gasteiger partial charge in [0.1, 0.15) is 0 Å². The number of aryl methyl sites for hydroxylation is 1. The molecular formula is C19H23N. The molecule has 0 spiro atoms. The van der Waals surface area contributed by atoms with Gasteiger partial charge in [-0.1, -0.05) is 60.7 Å². The highest BCUT2D eigenvalue weighted by Gasteiger charge is 2.23. The summed E-state index contributed by atoms with van der Waals surface area (Å²) < 4.78 is 0. The van der Waals surface area contributed by atoms with E-state index in [1.54, 1.807) is 0 Å². The van der Waals surface area contributed by atoms with Gasteiger partial charge in [0.05, 0.1) is 0 Å². The van der Waals surface area contributed by atoms with Gasteiger partial charge in [0.15, 0.2) is 0 Å². The highest BCUT2D eigenvalue weighted by Crippen LogP contribution is 2.20. The first-order chi connectivity index (χ1) is 9.90. The third kappa shape index (κ3) is 3.71. The summed E-state index contributed by atoms with van der Waals surface area (Å²) in [6, 6.07) is 23.0. The van der Waals surface area contributed by atoms with Gasteiger partial charge in [0, 0.05) is 12.1 Å². The topological polar surface area (TPSA) is 12.0 Å². The molecule has 1 saturated heterocycles. The second-order valence-corrected chi connectivity index (χ2v) is 5.85. The van der Waals surface area contributed by atoms with Gasteiger partial charge in [-0.2, -0.15) is 0 Å². The largest absolute Gasteiger partial charge is 0.311 e. The quantitative estimate of drug-likeness (QED) is 0.862. The van der Waals surface area contributed by atoms with Gasteiger partial charge in [-0.15, -0.1) is 0 Å². The standard InChI is InChI=1S/C19H23N/c1-3-7-16(8-4-1)11-12-18-13-14-19(20-18)15-17-9-5-2-6-10-17/h1-10,18-20H,11-15H2/t18-,19-/m1/s1. The van der Waals surface area contributed by atoms with Crippen molar-refractivity contribution in [2.75, 3.05) is 0 Å². The van der Waals surface area contributed by atoms with Crippen LogP contribution in [0.1, 0.15) is 30.4 Å². The number of nitrogens with one attached hydrogen (secondary N) is 1. The molecule has 1 aliphatic heterocycles. The van der Waals surface area contributed by atoms with E-state index in [0.717, 1.165) is 0 Å². The molecule has 1 fully saturated rings. The second kappa shape index (κ2) is 6.71. The first kappa shape index (κ1) is 13.4. The molecule has 1 heteroatoms. The van der Waals surface area contributed by atoms with Crippen molar-refractivity contribution >= 4 is 0 Å². The number of hydrogen-bond donors (Lipinski definition) is 1. The summed E-state index contributed by atoms with van der Waals surface area (Å²) in [4.78, 5) is 0. The molecule has 0 unspecified atom stereocenters. The van der Waals surface area contributed by atoms with Crippen molar-refractivity contribution in [2.24, 2.45) is 0 Å². The summed E-state index contributed by atoms with van der Waals surface area (Å²) in [6.07, 6.45) is 6.26. The Hall–Kier alpha value is -1.60. The SMILES string of the molecule is c1ccc(CC[C@@H]2CC[C@H](Cc3ccccc3)N2)cc1. The fraction of sp³-hybridized carbons (Fsp3) is 0.368. The molecule has 0 radical (unpaired) electrons. The molecule has 0 saturated carbocycles. The van der Waals surface area contributed by atoms with E-state index in [1.807, 2.05) is 0 Å². The third-order valence-electron chi connectivity index (χ3n) is 4.28. The van der Waals surface area contributed by atoms with Gasteiger partial charge in [-0.25, -0.2) is 0 Å². The van der Waals surface area contributed by atoms with E-state index in [-0.39, 0.29) is 0 Å². The lowest BCUT2D eigenvalue weighted by molar-refractivity contribution is 0.509. The Kier molecular flexibility index (Phi) is 4.49. The molecule has 3 rings (SSSR count). The maximum Gasteiger partial charge on any atom is 0.0111 e. The van der Waals surface area contributed by atoms with Crippen LogP contribution in [0, 0.1) is 0 Å². The minimum Gasteiger partial charge on any atom is -0.311 e. The summed E-state index contributed by atoms with van der Waals surface area (Å²) >= 11 is 0. The molecule has 0 aromatic heterocycles. The Bertz CT molecular complexity index is 506. The van der Waals surface area contributed by atoms with E-state index >= 15 is 0 Å². The van der Waals surface area contributed by atoms with Crippen LogP contribution >= 0.6 is 0 Å². The zero-order chi connectivity index (χ0) is 13.6. The smallest absolute Gasteiger partial charge is 0.0111 e. The summed E-state index contributed by atoms with van der Waals surface area (Å²) in [7, 11) is 0. The van der Waals surface area contributed by atoms with Gasteiger partial charge in [0.2, 0.25) is 0 Å². The number of benzene rings is 2. The predicted molar refractivity (Wildman–Crippen MR) is 84.9 cm³/mol. The van der Waals surface area contributed by atoms with Crippen molar-refractivity contribution < 1.29 is 0 Å². The monoisotopic (exact) mass is 265 g/mol. The molecule has 1 N–H and O–H groups in total. The molecule has 1 nitrogen and oxygen atoms in total. The van der Waals surface area contributed by atoms with E-state index in [2.05, 4.69) is 66.0 Å². The fourth-order valence-electron chi connectivity index (χ4n) is 3.18. The van der Waals surface area contributed by atoms with E-state index in [1.165, 1.54) is 43.2 Å². The van der Waals surface area contributed by atoms with Crippen LogP contribution in [0.25, 0.3) is 0 Å². The van der Waals surface area contributed by atoms with E-state index in [4.69, 9.17) is 0 Å². The van der Waals surface area contributed by atoms with Crippen molar-refractivity contribution in [3.05, 3.63) is 71.8 Å². The van der Waals surface area contributed by atoms with Gasteiger partial charge in [-0.05, 0) is 43.2 Å². The molecule has 2 aromatic carbocycles. The second-order valence-electron chi connectivity index (χ2n) is 5.85. The Morgan fingerprint density at radius 2 is 1.35 bits per heavy atom. The van der Waals surface area contributed by atoms with Crippen LogP contribution in [0.3, 0.4) is 0 Å². The van der Waals surface area contributed by atoms with Gasteiger partial charge >= 0.3 is 0 Å². The molecule has 20 heavy (non-hydrogen) atoms. The van der Waals surface area contributed by atoms with Crippen LogP contribution in [-0.2, 0) is 12.8 Å². The highest BCUT2D eigenvalue weighted by atomic mass is 15.0. The molecular weight excluding hydrogens is 242 g/mol. The third-order valence-corrected chi connectivity index (χ3v) is 4.28. The maximum absolute atomic E-state index is 3.81. The van der Waals surface area contributed by atoms with Crippen LogP contribution < -0.4 is 5.32 Å². The Morgan fingerprint density at radius 1 is 0.750 bits per heavy atom. The molecule has 0 bridgehead atoms. The normalized spacial score (nSPS) is 22.0. The Balaban J connectivity index is 1.45. The molecule has 2 atom stereocenters. The lowest BCUT2D eigenvalue weighted by Crippen LogP contribution is -2.31. The molecule has 1 heterocycles. The highest BCUT2D eigenvalue weighted by molar-refractivity contribution is 5.17. The predicted octanol–water partition coefficient (Wildman–Crippen LogP) is 3.98. The fourth-order valence-corrected chi connectivity index (χ4v) is 3.18. The summed E-state index contributed by atoms with van der Waals surface area (Å²) in [5.41, 5.74) is 2.91. The lowest BCUT2D eigenvalue weighted by Gasteiger charge is -2.14.